The number of pyridine rings is 1. The normalized spacial score (nSPS) is 15.5. The second-order valence-corrected chi connectivity index (χ2v) is 4.74. The average molecular weight is 272 g/mol. The summed E-state index contributed by atoms with van der Waals surface area (Å²) in [5.41, 5.74) is 0.516. The zero-order valence-electron chi connectivity index (χ0n) is 9.07. The van der Waals surface area contributed by atoms with Crippen molar-refractivity contribution in [2.24, 2.45) is 0 Å². The maximum absolute atomic E-state index is 11.5. The van der Waals surface area contributed by atoms with Crippen molar-refractivity contribution in [3.63, 3.8) is 0 Å². The van der Waals surface area contributed by atoms with Crippen molar-refractivity contribution in [2.45, 2.75) is 6.54 Å². The van der Waals surface area contributed by atoms with E-state index in [1.807, 2.05) is 0 Å². The van der Waals surface area contributed by atoms with E-state index in [2.05, 4.69) is 10.3 Å². The van der Waals surface area contributed by atoms with Gasteiger partial charge < -0.3 is 5.32 Å². The van der Waals surface area contributed by atoms with Gasteiger partial charge in [0.05, 0.1) is 23.0 Å². The van der Waals surface area contributed by atoms with Crippen LogP contribution in [0.2, 0.25) is 5.02 Å². The first-order valence-electron chi connectivity index (χ1n) is 4.92. The highest BCUT2D eigenvalue weighted by Crippen LogP contribution is 2.24. The number of amides is 2. The number of halogens is 1. The van der Waals surface area contributed by atoms with Gasteiger partial charge in [0.25, 0.3) is 5.24 Å². The molecule has 0 unspecified atom stereocenters. The summed E-state index contributed by atoms with van der Waals surface area (Å²) in [7, 11) is 1.74. The minimum atomic E-state index is -0.247. The van der Waals surface area contributed by atoms with E-state index >= 15 is 0 Å². The third kappa shape index (κ3) is 2.53. The van der Waals surface area contributed by atoms with Crippen molar-refractivity contribution >= 4 is 40.3 Å². The molecule has 0 radical (unpaired) electrons. The van der Waals surface area contributed by atoms with Crippen LogP contribution in [0.5, 0.6) is 0 Å². The lowest BCUT2D eigenvalue weighted by atomic mass is 10.3. The van der Waals surface area contributed by atoms with E-state index in [-0.39, 0.29) is 23.4 Å². The van der Waals surface area contributed by atoms with Gasteiger partial charge in [0.2, 0.25) is 5.91 Å². The number of hydrogen-bond acceptors (Lipinski definition) is 5. The van der Waals surface area contributed by atoms with Crippen molar-refractivity contribution in [3.05, 3.63) is 22.8 Å². The molecule has 2 heterocycles. The van der Waals surface area contributed by atoms with E-state index < -0.39 is 0 Å². The molecule has 90 valence electrons. The highest BCUT2D eigenvalue weighted by atomic mass is 35.5. The van der Waals surface area contributed by atoms with Crippen LogP contribution in [0, 0.1) is 0 Å². The summed E-state index contributed by atoms with van der Waals surface area (Å²) in [4.78, 5) is 28.3. The molecule has 2 amide bonds. The van der Waals surface area contributed by atoms with E-state index in [0.29, 0.717) is 16.5 Å². The van der Waals surface area contributed by atoms with Gasteiger partial charge in [-0.15, -0.1) is 0 Å². The summed E-state index contributed by atoms with van der Waals surface area (Å²) in [5.74, 6) is 0.645. The van der Waals surface area contributed by atoms with Crippen LogP contribution >= 0.6 is 23.4 Å². The SMILES string of the molecule is CNc1ccc(Cl)c(CN2C(=O)CSC2=O)n1. The van der Waals surface area contributed by atoms with Crippen LogP contribution in [0.4, 0.5) is 10.6 Å². The van der Waals surface area contributed by atoms with Crippen LogP contribution < -0.4 is 5.32 Å². The zero-order chi connectivity index (χ0) is 12.4. The Labute approximate surface area is 108 Å². The number of thioether (sulfide) groups is 1. The molecule has 0 aromatic carbocycles. The molecule has 1 N–H and O–H groups in total. The second-order valence-electron chi connectivity index (χ2n) is 3.41. The number of nitrogens with zero attached hydrogens (tertiary/aromatic N) is 2. The first-order valence-corrected chi connectivity index (χ1v) is 6.28. The summed E-state index contributed by atoms with van der Waals surface area (Å²) in [6.07, 6.45) is 0. The molecule has 7 heteroatoms. The van der Waals surface area contributed by atoms with Gasteiger partial charge in [0.1, 0.15) is 5.82 Å². The summed E-state index contributed by atoms with van der Waals surface area (Å²) in [5, 5.41) is 3.08. The largest absolute Gasteiger partial charge is 0.373 e. The quantitative estimate of drug-likeness (QED) is 0.911. The van der Waals surface area contributed by atoms with E-state index in [1.165, 1.54) is 4.90 Å². The molecule has 1 aromatic rings. The van der Waals surface area contributed by atoms with Crippen molar-refractivity contribution in [2.75, 3.05) is 18.1 Å². The van der Waals surface area contributed by atoms with Gasteiger partial charge in [-0.25, -0.2) is 4.98 Å². The molecular formula is C10H10ClN3O2S. The fourth-order valence-electron chi connectivity index (χ4n) is 1.42. The Morgan fingerprint density at radius 2 is 2.29 bits per heavy atom. The smallest absolute Gasteiger partial charge is 0.289 e. The van der Waals surface area contributed by atoms with Crippen LogP contribution in [0.25, 0.3) is 0 Å². The van der Waals surface area contributed by atoms with Crippen molar-refractivity contribution < 1.29 is 9.59 Å². The molecule has 17 heavy (non-hydrogen) atoms. The Bertz CT molecular complexity index is 465. The number of nitrogens with one attached hydrogen (secondary N) is 1. The third-order valence-corrected chi connectivity index (χ3v) is 3.53. The fourth-order valence-corrected chi connectivity index (χ4v) is 2.31. The lowest BCUT2D eigenvalue weighted by Crippen LogP contribution is -2.28. The molecular weight excluding hydrogens is 262 g/mol. The molecule has 1 saturated heterocycles. The molecule has 0 aliphatic carbocycles. The summed E-state index contributed by atoms with van der Waals surface area (Å²) < 4.78 is 0. The molecule has 1 aliphatic rings. The van der Waals surface area contributed by atoms with Gasteiger partial charge in [0.15, 0.2) is 0 Å². The molecule has 0 atom stereocenters. The van der Waals surface area contributed by atoms with Crippen molar-refractivity contribution in [3.8, 4) is 0 Å². The summed E-state index contributed by atoms with van der Waals surface area (Å²) in [6, 6.07) is 3.42. The Morgan fingerprint density at radius 1 is 1.53 bits per heavy atom. The predicted octanol–water partition coefficient (Wildman–Crippen LogP) is 1.97. The van der Waals surface area contributed by atoms with Crippen molar-refractivity contribution in [1.82, 2.24) is 9.88 Å². The number of imide groups is 1. The predicted molar refractivity (Wildman–Crippen MR) is 67.2 cm³/mol. The molecule has 1 aliphatic heterocycles. The lowest BCUT2D eigenvalue weighted by Gasteiger charge is -2.13. The number of anilines is 1. The van der Waals surface area contributed by atoms with E-state index in [1.54, 1.807) is 19.2 Å². The molecule has 1 aromatic heterocycles. The van der Waals surface area contributed by atoms with Gasteiger partial charge >= 0.3 is 0 Å². The van der Waals surface area contributed by atoms with Crippen LogP contribution in [0.15, 0.2) is 12.1 Å². The standard InChI is InChI=1S/C10H10ClN3O2S/c1-12-8-3-2-6(11)7(13-8)4-14-9(15)5-17-10(14)16/h2-3H,4-5H2,1H3,(H,12,13). The van der Waals surface area contributed by atoms with Gasteiger partial charge in [-0.1, -0.05) is 23.4 Å². The van der Waals surface area contributed by atoms with E-state index in [9.17, 15) is 9.59 Å². The number of rotatable bonds is 3. The van der Waals surface area contributed by atoms with Gasteiger partial charge in [-0.05, 0) is 12.1 Å². The van der Waals surface area contributed by atoms with Crippen LogP contribution in [0.3, 0.4) is 0 Å². The summed E-state index contributed by atoms with van der Waals surface area (Å²) >= 11 is 6.98. The van der Waals surface area contributed by atoms with E-state index in [0.717, 1.165) is 11.8 Å². The number of hydrogen-bond donors (Lipinski definition) is 1. The maximum Gasteiger partial charge on any atom is 0.289 e. The maximum atomic E-state index is 11.5. The molecule has 0 spiro atoms. The Hall–Kier alpha value is -1.27. The molecule has 2 rings (SSSR count). The van der Waals surface area contributed by atoms with Gasteiger partial charge in [-0.2, -0.15) is 0 Å². The van der Waals surface area contributed by atoms with Crippen LogP contribution in [-0.4, -0.2) is 33.8 Å². The minimum absolute atomic E-state index is 0.124. The topological polar surface area (TPSA) is 62.3 Å². The first-order chi connectivity index (χ1) is 8.11. The van der Waals surface area contributed by atoms with Gasteiger partial charge in [-0.3, -0.25) is 14.5 Å². The Kier molecular flexibility index (Phi) is 3.54. The van der Waals surface area contributed by atoms with Crippen LogP contribution in [-0.2, 0) is 11.3 Å². The van der Waals surface area contributed by atoms with E-state index in [4.69, 9.17) is 11.6 Å². The second kappa shape index (κ2) is 4.93. The molecule has 0 bridgehead atoms. The van der Waals surface area contributed by atoms with Crippen molar-refractivity contribution in [1.29, 1.82) is 0 Å². The number of carbonyl (C=O) groups is 2. The minimum Gasteiger partial charge on any atom is -0.373 e. The Morgan fingerprint density at radius 3 is 2.88 bits per heavy atom. The summed E-state index contributed by atoms with van der Waals surface area (Å²) in [6.45, 7) is 0.124. The molecule has 5 nitrogen and oxygen atoms in total. The highest BCUT2D eigenvalue weighted by molar-refractivity contribution is 8.14. The Balaban J connectivity index is 2.23. The fraction of sp³-hybridized carbons (Fsp3) is 0.300. The lowest BCUT2D eigenvalue weighted by molar-refractivity contribution is -0.125. The monoisotopic (exact) mass is 271 g/mol. The first kappa shape index (κ1) is 12.2. The highest BCUT2D eigenvalue weighted by Gasteiger charge is 2.30. The average Bonchev–Trinajstić information content (AvgIpc) is 2.63. The number of aromatic nitrogens is 1. The van der Waals surface area contributed by atoms with Crippen LogP contribution in [0.1, 0.15) is 5.69 Å². The zero-order valence-corrected chi connectivity index (χ0v) is 10.6. The molecule has 1 fully saturated rings. The molecule has 0 saturated carbocycles. The van der Waals surface area contributed by atoms with Gasteiger partial charge in [0, 0.05) is 7.05 Å². The third-order valence-electron chi connectivity index (χ3n) is 2.32. The number of carbonyl (C=O) groups excluding carboxylic acids is 2.